The molecular weight excluding hydrogens is 136 g/mol. The van der Waals surface area contributed by atoms with E-state index in [0.717, 1.165) is 0 Å². The van der Waals surface area contributed by atoms with Crippen molar-refractivity contribution in [3.05, 3.63) is 0 Å². The highest BCUT2D eigenvalue weighted by Gasteiger charge is 2.35. The highest BCUT2D eigenvalue weighted by atomic mass is 32.1. The topological polar surface area (TPSA) is 18.5 Å². The number of thiocarbonyl (C=S) groups is 1. The fourth-order valence-electron chi connectivity index (χ4n) is 0.795. The largest absolute Gasteiger partial charge is 0.477 e. The van der Waals surface area contributed by atoms with Crippen LogP contribution in [-0.4, -0.2) is 23.9 Å². The van der Waals surface area contributed by atoms with Crippen molar-refractivity contribution in [2.24, 2.45) is 0 Å². The Bertz CT molecular complexity index is 129. The van der Waals surface area contributed by atoms with Gasteiger partial charge in [0.15, 0.2) is 10.7 Å². The highest BCUT2D eigenvalue weighted by Crippen LogP contribution is 2.20. The molecule has 0 aromatic heterocycles. The first kappa shape index (κ1) is 6.96. The number of ether oxygens (including phenoxy) is 2. The normalized spacial score (nSPS) is 22.4. The van der Waals surface area contributed by atoms with Gasteiger partial charge in [0.05, 0.1) is 13.2 Å². The molecule has 1 saturated heterocycles. The lowest BCUT2D eigenvalue weighted by molar-refractivity contribution is -0.155. The molecule has 0 saturated carbocycles. The molecule has 9 heavy (non-hydrogen) atoms. The van der Waals surface area contributed by atoms with Crippen LogP contribution in [0.2, 0.25) is 0 Å². The SMILES string of the molecule is CC(=S)OC1(C)COC1. The zero-order chi connectivity index (χ0) is 6.91. The lowest BCUT2D eigenvalue weighted by Gasteiger charge is -2.37. The summed E-state index contributed by atoms with van der Waals surface area (Å²) in [7, 11) is 0. The predicted octanol–water partition coefficient (Wildman–Crippen LogP) is 1.14. The molecule has 0 atom stereocenters. The van der Waals surface area contributed by atoms with Gasteiger partial charge in [-0.3, -0.25) is 0 Å². The van der Waals surface area contributed by atoms with E-state index in [-0.39, 0.29) is 5.60 Å². The molecule has 0 amide bonds. The van der Waals surface area contributed by atoms with E-state index >= 15 is 0 Å². The highest BCUT2D eigenvalue weighted by molar-refractivity contribution is 7.80. The van der Waals surface area contributed by atoms with Crippen molar-refractivity contribution >= 4 is 17.3 Å². The summed E-state index contributed by atoms with van der Waals surface area (Å²) in [6.45, 7) is 5.10. The first-order chi connectivity index (χ1) is 4.12. The summed E-state index contributed by atoms with van der Waals surface area (Å²) in [5.41, 5.74) is -0.119. The second kappa shape index (κ2) is 2.23. The second-order valence-electron chi connectivity index (χ2n) is 2.54. The number of hydrogen-bond acceptors (Lipinski definition) is 3. The van der Waals surface area contributed by atoms with Crippen molar-refractivity contribution in [2.75, 3.05) is 13.2 Å². The standard InChI is InChI=1S/C6H10O2S/c1-5(9)8-6(2)3-7-4-6/h3-4H2,1-2H3. The minimum absolute atomic E-state index is 0.119. The zero-order valence-corrected chi connectivity index (χ0v) is 6.46. The van der Waals surface area contributed by atoms with Gasteiger partial charge in [0.2, 0.25) is 0 Å². The predicted molar refractivity (Wildman–Crippen MR) is 38.6 cm³/mol. The smallest absolute Gasteiger partial charge is 0.157 e. The monoisotopic (exact) mass is 146 g/mol. The van der Waals surface area contributed by atoms with Crippen LogP contribution in [0.25, 0.3) is 0 Å². The van der Waals surface area contributed by atoms with Crippen LogP contribution in [0.3, 0.4) is 0 Å². The van der Waals surface area contributed by atoms with E-state index in [1.54, 1.807) is 6.92 Å². The summed E-state index contributed by atoms with van der Waals surface area (Å²) < 4.78 is 10.2. The second-order valence-corrected chi connectivity index (χ2v) is 3.11. The minimum Gasteiger partial charge on any atom is -0.477 e. The molecule has 0 spiro atoms. The Morgan fingerprint density at radius 2 is 2.22 bits per heavy atom. The summed E-state index contributed by atoms with van der Waals surface area (Å²) in [5.74, 6) is 0. The maximum atomic E-state index is 5.28. The Morgan fingerprint density at radius 1 is 1.67 bits per heavy atom. The lowest BCUT2D eigenvalue weighted by atomic mass is 10.1. The third-order valence-electron chi connectivity index (χ3n) is 1.20. The Labute approximate surface area is 60.1 Å². The van der Waals surface area contributed by atoms with E-state index in [1.807, 2.05) is 6.92 Å². The van der Waals surface area contributed by atoms with Crippen molar-refractivity contribution < 1.29 is 9.47 Å². The van der Waals surface area contributed by atoms with Gasteiger partial charge >= 0.3 is 0 Å². The summed E-state index contributed by atoms with van der Waals surface area (Å²) in [5, 5.41) is 0.598. The molecule has 1 rings (SSSR count). The van der Waals surface area contributed by atoms with Crippen LogP contribution in [-0.2, 0) is 9.47 Å². The van der Waals surface area contributed by atoms with Crippen LogP contribution in [0.5, 0.6) is 0 Å². The van der Waals surface area contributed by atoms with E-state index in [2.05, 4.69) is 0 Å². The van der Waals surface area contributed by atoms with Crippen LogP contribution >= 0.6 is 12.2 Å². The molecule has 0 aromatic carbocycles. The Hall–Kier alpha value is -0.150. The van der Waals surface area contributed by atoms with E-state index in [0.29, 0.717) is 18.3 Å². The van der Waals surface area contributed by atoms with Gasteiger partial charge in [-0.15, -0.1) is 0 Å². The van der Waals surface area contributed by atoms with E-state index in [4.69, 9.17) is 21.7 Å². The first-order valence-electron chi connectivity index (χ1n) is 2.90. The van der Waals surface area contributed by atoms with Gasteiger partial charge in [0, 0.05) is 6.92 Å². The third kappa shape index (κ3) is 1.63. The van der Waals surface area contributed by atoms with Crippen molar-refractivity contribution in [2.45, 2.75) is 19.4 Å². The van der Waals surface area contributed by atoms with Crippen LogP contribution < -0.4 is 0 Å². The average Bonchev–Trinajstić information content (AvgIpc) is 1.60. The van der Waals surface area contributed by atoms with E-state index < -0.39 is 0 Å². The average molecular weight is 146 g/mol. The molecule has 0 radical (unpaired) electrons. The molecule has 1 aliphatic rings. The first-order valence-corrected chi connectivity index (χ1v) is 3.31. The summed E-state index contributed by atoms with van der Waals surface area (Å²) in [6.07, 6.45) is 0. The van der Waals surface area contributed by atoms with E-state index in [9.17, 15) is 0 Å². The lowest BCUT2D eigenvalue weighted by Crippen LogP contribution is -2.49. The molecule has 2 nitrogen and oxygen atoms in total. The summed E-state index contributed by atoms with van der Waals surface area (Å²) >= 11 is 4.77. The maximum absolute atomic E-state index is 5.28. The van der Waals surface area contributed by atoms with Crippen molar-refractivity contribution in [1.29, 1.82) is 0 Å². The Kier molecular flexibility index (Phi) is 1.73. The Balaban J connectivity index is 2.33. The summed E-state index contributed by atoms with van der Waals surface area (Å²) in [4.78, 5) is 0. The molecule has 1 aliphatic heterocycles. The molecule has 52 valence electrons. The molecule has 3 heteroatoms. The molecule has 1 heterocycles. The van der Waals surface area contributed by atoms with Crippen LogP contribution in [0, 0.1) is 0 Å². The van der Waals surface area contributed by atoms with Gasteiger partial charge in [-0.25, -0.2) is 0 Å². The molecule has 0 unspecified atom stereocenters. The van der Waals surface area contributed by atoms with Gasteiger partial charge in [0.25, 0.3) is 0 Å². The van der Waals surface area contributed by atoms with Gasteiger partial charge in [-0.1, -0.05) is 0 Å². The molecule has 1 fully saturated rings. The van der Waals surface area contributed by atoms with Crippen molar-refractivity contribution in [3.8, 4) is 0 Å². The van der Waals surface area contributed by atoms with Crippen molar-refractivity contribution in [3.63, 3.8) is 0 Å². The van der Waals surface area contributed by atoms with Gasteiger partial charge in [-0.2, -0.15) is 0 Å². The quantitative estimate of drug-likeness (QED) is 0.517. The summed E-state index contributed by atoms with van der Waals surface area (Å²) in [6, 6.07) is 0. The van der Waals surface area contributed by atoms with E-state index in [1.165, 1.54) is 0 Å². The van der Waals surface area contributed by atoms with Crippen LogP contribution in [0.4, 0.5) is 0 Å². The van der Waals surface area contributed by atoms with Gasteiger partial charge in [0.1, 0.15) is 0 Å². The Morgan fingerprint density at radius 3 is 2.33 bits per heavy atom. The molecular formula is C6H10O2S. The zero-order valence-electron chi connectivity index (χ0n) is 5.64. The van der Waals surface area contributed by atoms with Gasteiger partial charge < -0.3 is 9.47 Å². The number of hydrogen-bond donors (Lipinski definition) is 0. The molecule has 0 aliphatic carbocycles. The van der Waals surface area contributed by atoms with Crippen LogP contribution in [0.1, 0.15) is 13.8 Å². The maximum Gasteiger partial charge on any atom is 0.157 e. The third-order valence-corrected chi connectivity index (χ3v) is 1.29. The molecule has 0 aromatic rings. The fourth-order valence-corrected chi connectivity index (χ4v) is 0.997. The number of rotatable bonds is 1. The van der Waals surface area contributed by atoms with Crippen molar-refractivity contribution in [1.82, 2.24) is 0 Å². The molecule has 0 N–H and O–H groups in total. The van der Waals surface area contributed by atoms with Crippen LogP contribution in [0.15, 0.2) is 0 Å². The van der Waals surface area contributed by atoms with Gasteiger partial charge in [-0.05, 0) is 19.1 Å². The fraction of sp³-hybridized carbons (Fsp3) is 0.833. The minimum atomic E-state index is -0.119. The molecule has 0 bridgehead atoms.